The lowest BCUT2D eigenvalue weighted by Gasteiger charge is -2.20. The molecule has 0 aliphatic carbocycles. The normalized spacial score (nSPS) is 10.1. The first-order valence-corrected chi connectivity index (χ1v) is 7.76. The second-order valence-corrected chi connectivity index (χ2v) is 5.20. The molecule has 2 aromatic rings. The van der Waals surface area contributed by atoms with E-state index >= 15 is 0 Å². The predicted octanol–water partition coefficient (Wildman–Crippen LogP) is 2.47. The number of nitrogens with one attached hydrogen (secondary N) is 1. The van der Waals surface area contributed by atoms with E-state index in [1.807, 2.05) is 19.1 Å². The van der Waals surface area contributed by atoms with Gasteiger partial charge in [-0.2, -0.15) is 0 Å². The lowest BCUT2D eigenvalue weighted by molar-refractivity contribution is -0.133. The zero-order chi connectivity index (χ0) is 17.4. The Bertz CT molecular complexity index is 672. The van der Waals surface area contributed by atoms with Gasteiger partial charge in [-0.15, -0.1) is 0 Å². The first-order valence-electron chi connectivity index (χ1n) is 7.76. The molecular weight excluding hydrogens is 306 g/mol. The van der Waals surface area contributed by atoms with Crippen molar-refractivity contribution in [3.05, 3.63) is 54.4 Å². The maximum absolute atomic E-state index is 12.2. The molecule has 0 saturated heterocycles. The Labute approximate surface area is 141 Å². The summed E-state index contributed by atoms with van der Waals surface area (Å²) in [6.45, 7) is 4.21. The number of hydrogen-bond donors (Lipinski definition) is 1. The number of pyridine rings is 1. The molecule has 2 rings (SSSR count). The third-order valence-corrected chi connectivity index (χ3v) is 3.31. The molecule has 0 radical (unpaired) electrons. The van der Waals surface area contributed by atoms with Gasteiger partial charge < -0.3 is 15.0 Å². The molecule has 6 heteroatoms. The Morgan fingerprint density at radius 1 is 1.17 bits per heavy atom. The van der Waals surface area contributed by atoms with Gasteiger partial charge in [0.05, 0.1) is 18.8 Å². The topological polar surface area (TPSA) is 71.5 Å². The van der Waals surface area contributed by atoms with Crippen LogP contribution < -0.4 is 10.1 Å². The highest BCUT2D eigenvalue weighted by molar-refractivity contribution is 5.94. The van der Waals surface area contributed by atoms with Crippen molar-refractivity contribution < 1.29 is 14.3 Å². The number of carbonyl (C=O) groups excluding carboxylic acids is 2. The highest BCUT2D eigenvalue weighted by Crippen LogP contribution is 2.15. The number of benzene rings is 1. The molecule has 1 heterocycles. The van der Waals surface area contributed by atoms with Crippen molar-refractivity contribution >= 4 is 17.5 Å². The number of nitrogens with zero attached hydrogens (tertiary/aromatic N) is 2. The van der Waals surface area contributed by atoms with Gasteiger partial charge in [0, 0.05) is 18.8 Å². The van der Waals surface area contributed by atoms with E-state index in [9.17, 15) is 9.59 Å². The first kappa shape index (κ1) is 17.5. The molecule has 1 N–H and O–H groups in total. The molecule has 2 amide bonds. The van der Waals surface area contributed by atoms with E-state index in [1.54, 1.807) is 36.5 Å². The average Bonchev–Trinajstić information content (AvgIpc) is 2.57. The van der Waals surface area contributed by atoms with Crippen molar-refractivity contribution in [3.8, 4) is 5.75 Å². The fourth-order valence-electron chi connectivity index (χ4n) is 2.14. The van der Waals surface area contributed by atoms with Crippen LogP contribution >= 0.6 is 0 Å². The molecular formula is C18H21N3O3. The molecule has 0 fully saturated rings. The summed E-state index contributed by atoms with van der Waals surface area (Å²) in [5.41, 5.74) is 1.39. The third-order valence-electron chi connectivity index (χ3n) is 3.31. The lowest BCUT2D eigenvalue weighted by Crippen LogP contribution is -2.36. The summed E-state index contributed by atoms with van der Waals surface area (Å²) in [6, 6.07) is 12.6. The van der Waals surface area contributed by atoms with Gasteiger partial charge in [-0.1, -0.05) is 6.07 Å². The van der Waals surface area contributed by atoms with Gasteiger partial charge in [0.1, 0.15) is 12.3 Å². The van der Waals surface area contributed by atoms with Gasteiger partial charge in [-0.3, -0.25) is 14.6 Å². The smallest absolute Gasteiger partial charge is 0.244 e. The third kappa shape index (κ3) is 5.39. The quantitative estimate of drug-likeness (QED) is 0.848. The molecule has 0 aliphatic rings. The highest BCUT2D eigenvalue weighted by atomic mass is 16.5. The summed E-state index contributed by atoms with van der Waals surface area (Å²) < 4.78 is 5.36. The van der Waals surface area contributed by atoms with Crippen LogP contribution in [0.2, 0.25) is 0 Å². The number of amides is 2. The van der Waals surface area contributed by atoms with Gasteiger partial charge >= 0.3 is 0 Å². The minimum Gasteiger partial charge on any atom is -0.494 e. The van der Waals surface area contributed by atoms with Crippen LogP contribution in [-0.4, -0.2) is 34.8 Å². The van der Waals surface area contributed by atoms with Gasteiger partial charge in [0.2, 0.25) is 11.8 Å². The Balaban J connectivity index is 1.94. The second kappa shape index (κ2) is 8.67. The Morgan fingerprint density at radius 2 is 1.92 bits per heavy atom. The van der Waals surface area contributed by atoms with Gasteiger partial charge in [0.25, 0.3) is 0 Å². The number of aromatic nitrogens is 1. The fourth-order valence-corrected chi connectivity index (χ4v) is 2.14. The molecule has 0 bridgehead atoms. The molecule has 0 saturated carbocycles. The van der Waals surface area contributed by atoms with Crippen LogP contribution in [0.5, 0.6) is 5.75 Å². The Kier molecular flexibility index (Phi) is 6.31. The summed E-state index contributed by atoms with van der Waals surface area (Å²) in [6.07, 6.45) is 1.66. The van der Waals surface area contributed by atoms with Crippen molar-refractivity contribution in [2.24, 2.45) is 0 Å². The lowest BCUT2D eigenvalue weighted by atomic mass is 10.3. The molecule has 24 heavy (non-hydrogen) atoms. The predicted molar refractivity (Wildman–Crippen MR) is 91.6 cm³/mol. The van der Waals surface area contributed by atoms with Crippen LogP contribution in [0.1, 0.15) is 19.5 Å². The van der Waals surface area contributed by atoms with Crippen LogP contribution in [-0.2, 0) is 16.1 Å². The summed E-state index contributed by atoms with van der Waals surface area (Å²) in [7, 11) is 0. The summed E-state index contributed by atoms with van der Waals surface area (Å²) in [5, 5.41) is 2.77. The van der Waals surface area contributed by atoms with Crippen molar-refractivity contribution in [2.45, 2.75) is 20.4 Å². The average molecular weight is 327 g/mol. The number of ether oxygens (including phenoxy) is 1. The van der Waals surface area contributed by atoms with Gasteiger partial charge in [0.15, 0.2) is 0 Å². The number of hydrogen-bond acceptors (Lipinski definition) is 4. The van der Waals surface area contributed by atoms with Crippen molar-refractivity contribution in [2.75, 3.05) is 18.5 Å². The summed E-state index contributed by atoms with van der Waals surface area (Å²) >= 11 is 0. The molecule has 0 unspecified atom stereocenters. The van der Waals surface area contributed by atoms with Crippen molar-refractivity contribution in [1.29, 1.82) is 0 Å². The number of carbonyl (C=O) groups is 2. The molecule has 0 atom stereocenters. The van der Waals surface area contributed by atoms with Crippen molar-refractivity contribution in [3.63, 3.8) is 0 Å². The first-order chi connectivity index (χ1) is 11.6. The SMILES string of the molecule is CCOc1ccc(NC(=O)CN(Cc2ccccn2)C(C)=O)cc1. The second-order valence-electron chi connectivity index (χ2n) is 5.20. The summed E-state index contributed by atoms with van der Waals surface area (Å²) in [4.78, 5) is 29.6. The van der Waals surface area contributed by atoms with Crippen LogP contribution in [0, 0.1) is 0 Å². The molecule has 0 aliphatic heterocycles. The number of rotatable bonds is 7. The van der Waals surface area contributed by atoms with Crippen molar-refractivity contribution in [1.82, 2.24) is 9.88 Å². The molecule has 1 aromatic heterocycles. The van der Waals surface area contributed by atoms with E-state index < -0.39 is 0 Å². The zero-order valence-corrected chi connectivity index (χ0v) is 13.9. The molecule has 1 aromatic carbocycles. The number of anilines is 1. The maximum atomic E-state index is 12.2. The van der Waals surface area contributed by atoms with E-state index in [2.05, 4.69) is 10.3 Å². The largest absolute Gasteiger partial charge is 0.494 e. The van der Waals surface area contributed by atoms with E-state index in [0.29, 0.717) is 18.8 Å². The van der Waals surface area contributed by atoms with Crippen LogP contribution in [0.15, 0.2) is 48.7 Å². The molecule has 126 valence electrons. The van der Waals surface area contributed by atoms with E-state index in [0.717, 1.165) is 11.4 Å². The standard InChI is InChI=1S/C18H21N3O3/c1-3-24-17-9-7-15(8-10-17)20-18(23)13-21(14(2)22)12-16-6-4-5-11-19-16/h4-11H,3,12-13H2,1-2H3,(H,20,23). The van der Waals surface area contributed by atoms with Gasteiger partial charge in [-0.05, 0) is 43.3 Å². The molecule has 6 nitrogen and oxygen atoms in total. The fraction of sp³-hybridized carbons (Fsp3) is 0.278. The van der Waals surface area contributed by atoms with E-state index in [4.69, 9.17) is 4.74 Å². The Morgan fingerprint density at radius 3 is 2.50 bits per heavy atom. The van der Waals surface area contributed by atoms with E-state index in [-0.39, 0.29) is 18.4 Å². The summed E-state index contributed by atoms with van der Waals surface area (Å²) in [5.74, 6) is 0.309. The van der Waals surface area contributed by atoms with Gasteiger partial charge in [-0.25, -0.2) is 0 Å². The Hall–Kier alpha value is -2.89. The minimum atomic E-state index is -0.259. The highest BCUT2D eigenvalue weighted by Gasteiger charge is 2.14. The monoisotopic (exact) mass is 327 g/mol. The molecule has 0 spiro atoms. The van der Waals surface area contributed by atoms with Crippen LogP contribution in [0.4, 0.5) is 5.69 Å². The minimum absolute atomic E-state index is 0.0287. The zero-order valence-electron chi connectivity index (χ0n) is 13.9. The van der Waals surface area contributed by atoms with Crippen LogP contribution in [0.3, 0.4) is 0 Å². The van der Waals surface area contributed by atoms with Crippen LogP contribution in [0.25, 0.3) is 0 Å². The van der Waals surface area contributed by atoms with E-state index in [1.165, 1.54) is 11.8 Å². The maximum Gasteiger partial charge on any atom is 0.244 e.